The molecule has 0 aromatic rings. The molecule has 1 saturated carbocycles. The number of rotatable bonds is 4. The number of nitrogens with zero attached hydrogens (tertiary/aromatic N) is 1. The van der Waals surface area contributed by atoms with Crippen molar-refractivity contribution < 1.29 is 0 Å². The zero-order valence-corrected chi connectivity index (χ0v) is 10.3. The first-order valence-corrected chi connectivity index (χ1v) is 6.67. The van der Waals surface area contributed by atoms with E-state index in [-0.39, 0.29) is 0 Å². The van der Waals surface area contributed by atoms with Crippen LogP contribution in [0.25, 0.3) is 0 Å². The maximum atomic E-state index is 3.67. The van der Waals surface area contributed by atoms with E-state index < -0.39 is 0 Å². The van der Waals surface area contributed by atoms with Crippen molar-refractivity contribution in [2.45, 2.75) is 45.1 Å². The molecule has 2 heteroatoms. The third-order valence-corrected chi connectivity index (χ3v) is 4.23. The van der Waals surface area contributed by atoms with E-state index in [1.54, 1.807) is 0 Å². The molecular weight excluding hydrogens is 184 g/mol. The maximum absolute atomic E-state index is 3.67. The predicted molar refractivity (Wildman–Crippen MR) is 65.0 cm³/mol. The van der Waals surface area contributed by atoms with Crippen LogP contribution in [-0.4, -0.2) is 37.6 Å². The number of piperidine rings is 1. The van der Waals surface area contributed by atoms with Crippen LogP contribution in [0.3, 0.4) is 0 Å². The van der Waals surface area contributed by atoms with Crippen molar-refractivity contribution in [3.8, 4) is 0 Å². The van der Waals surface area contributed by atoms with Gasteiger partial charge in [0.15, 0.2) is 0 Å². The van der Waals surface area contributed by atoms with Crippen LogP contribution in [0, 0.1) is 11.8 Å². The fourth-order valence-corrected chi connectivity index (χ4v) is 2.88. The molecule has 0 spiro atoms. The highest BCUT2D eigenvalue weighted by Crippen LogP contribution is 2.27. The summed E-state index contributed by atoms with van der Waals surface area (Å²) in [7, 11) is 2.29. The smallest absolute Gasteiger partial charge is 0.0220 e. The largest absolute Gasteiger partial charge is 0.312 e. The zero-order valence-electron chi connectivity index (χ0n) is 10.3. The second-order valence-corrected chi connectivity index (χ2v) is 5.70. The van der Waals surface area contributed by atoms with Crippen LogP contribution in [-0.2, 0) is 0 Å². The van der Waals surface area contributed by atoms with E-state index in [2.05, 4.69) is 24.2 Å². The Hall–Kier alpha value is -0.0800. The van der Waals surface area contributed by atoms with Gasteiger partial charge in [-0.25, -0.2) is 0 Å². The van der Waals surface area contributed by atoms with Crippen molar-refractivity contribution in [1.29, 1.82) is 0 Å². The van der Waals surface area contributed by atoms with E-state index in [1.165, 1.54) is 51.7 Å². The topological polar surface area (TPSA) is 15.3 Å². The Morgan fingerprint density at radius 3 is 2.53 bits per heavy atom. The standard InChI is InChI=1S/C13H26N2/c1-11-5-4-8-14-13(11)10-15(2)9-12-6-3-7-12/h11-14H,3-10H2,1-2H3. The van der Waals surface area contributed by atoms with Gasteiger partial charge in [-0.05, 0) is 51.1 Å². The summed E-state index contributed by atoms with van der Waals surface area (Å²) in [6.45, 7) is 6.20. The Morgan fingerprint density at radius 1 is 1.13 bits per heavy atom. The molecule has 1 N–H and O–H groups in total. The van der Waals surface area contributed by atoms with Gasteiger partial charge in [-0.3, -0.25) is 0 Å². The van der Waals surface area contributed by atoms with Gasteiger partial charge in [0.25, 0.3) is 0 Å². The van der Waals surface area contributed by atoms with Crippen LogP contribution in [0.2, 0.25) is 0 Å². The monoisotopic (exact) mass is 210 g/mol. The highest BCUT2D eigenvalue weighted by atomic mass is 15.1. The number of nitrogens with one attached hydrogen (secondary N) is 1. The molecule has 1 aliphatic heterocycles. The molecule has 2 atom stereocenters. The average molecular weight is 210 g/mol. The molecule has 0 bridgehead atoms. The zero-order chi connectivity index (χ0) is 10.7. The van der Waals surface area contributed by atoms with Crippen molar-refractivity contribution in [2.75, 3.05) is 26.7 Å². The highest BCUT2D eigenvalue weighted by Gasteiger charge is 2.24. The lowest BCUT2D eigenvalue weighted by atomic mass is 9.85. The second kappa shape index (κ2) is 5.31. The quantitative estimate of drug-likeness (QED) is 0.764. The molecule has 2 fully saturated rings. The van der Waals surface area contributed by atoms with E-state index in [0.717, 1.165) is 17.9 Å². The van der Waals surface area contributed by atoms with Crippen molar-refractivity contribution >= 4 is 0 Å². The van der Waals surface area contributed by atoms with E-state index in [4.69, 9.17) is 0 Å². The van der Waals surface area contributed by atoms with Gasteiger partial charge in [0, 0.05) is 19.1 Å². The normalized spacial score (nSPS) is 33.0. The Morgan fingerprint density at radius 2 is 1.93 bits per heavy atom. The van der Waals surface area contributed by atoms with Crippen LogP contribution in [0.15, 0.2) is 0 Å². The van der Waals surface area contributed by atoms with Gasteiger partial charge in [0.2, 0.25) is 0 Å². The van der Waals surface area contributed by atoms with Crippen LogP contribution in [0.1, 0.15) is 39.0 Å². The van der Waals surface area contributed by atoms with E-state index in [9.17, 15) is 0 Å². The molecule has 1 heterocycles. The third-order valence-electron chi connectivity index (χ3n) is 4.23. The molecule has 88 valence electrons. The van der Waals surface area contributed by atoms with Crippen molar-refractivity contribution in [3.63, 3.8) is 0 Å². The van der Waals surface area contributed by atoms with Crippen LogP contribution < -0.4 is 5.32 Å². The molecule has 2 aliphatic rings. The fourth-order valence-electron chi connectivity index (χ4n) is 2.88. The molecule has 0 aromatic carbocycles. The molecule has 0 radical (unpaired) electrons. The number of hydrogen-bond donors (Lipinski definition) is 1. The molecule has 0 amide bonds. The SMILES string of the molecule is CC1CCCNC1CN(C)CC1CCC1. The lowest BCUT2D eigenvalue weighted by Gasteiger charge is -2.36. The van der Waals surface area contributed by atoms with Gasteiger partial charge in [-0.1, -0.05) is 13.3 Å². The second-order valence-electron chi connectivity index (χ2n) is 5.70. The minimum absolute atomic E-state index is 0.740. The first-order valence-electron chi connectivity index (χ1n) is 6.67. The Kier molecular flexibility index (Phi) is 4.04. The third kappa shape index (κ3) is 3.18. The average Bonchev–Trinajstić information content (AvgIpc) is 2.16. The van der Waals surface area contributed by atoms with E-state index in [0.29, 0.717) is 0 Å². The lowest BCUT2D eigenvalue weighted by Crippen LogP contribution is -2.48. The molecular formula is C13H26N2. The first kappa shape index (κ1) is 11.4. The van der Waals surface area contributed by atoms with Crippen molar-refractivity contribution in [1.82, 2.24) is 10.2 Å². The Bertz CT molecular complexity index is 189. The van der Waals surface area contributed by atoms with Gasteiger partial charge in [-0.2, -0.15) is 0 Å². The summed E-state index contributed by atoms with van der Waals surface area (Å²) in [6.07, 6.45) is 7.19. The summed E-state index contributed by atoms with van der Waals surface area (Å²) in [5, 5.41) is 3.67. The Labute approximate surface area is 94.4 Å². The molecule has 0 aromatic heterocycles. The lowest BCUT2D eigenvalue weighted by molar-refractivity contribution is 0.166. The predicted octanol–water partition coefficient (Wildman–Crippen LogP) is 2.11. The summed E-state index contributed by atoms with van der Waals surface area (Å²) in [6, 6.07) is 0.740. The number of hydrogen-bond acceptors (Lipinski definition) is 2. The van der Waals surface area contributed by atoms with Crippen LogP contribution >= 0.6 is 0 Å². The summed E-state index contributed by atoms with van der Waals surface area (Å²) < 4.78 is 0. The van der Waals surface area contributed by atoms with E-state index >= 15 is 0 Å². The highest BCUT2D eigenvalue weighted by molar-refractivity contribution is 4.82. The fraction of sp³-hybridized carbons (Fsp3) is 1.00. The van der Waals surface area contributed by atoms with Crippen LogP contribution in [0.5, 0.6) is 0 Å². The van der Waals surface area contributed by atoms with Crippen molar-refractivity contribution in [3.05, 3.63) is 0 Å². The van der Waals surface area contributed by atoms with Crippen molar-refractivity contribution in [2.24, 2.45) is 11.8 Å². The van der Waals surface area contributed by atoms with Gasteiger partial charge in [-0.15, -0.1) is 0 Å². The molecule has 15 heavy (non-hydrogen) atoms. The minimum atomic E-state index is 0.740. The summed E-state index contributed by atoms with van der Waals surface area (Å²) in [4.78, 5) is 2.54. The summed E-state index contributed by atoms with van der Waals surface area (Å²) in [5.41, 5.74) is 0. The number of likely N-dealkylation sites (N-methyl/N-ethyl adjacent to an activating group) is 1. The molecule has 1 aliphatic carbocycles. The van der Waals surface area contributed by atoms with Crippen LogP contribution in [0.4, 0.5) is 0 Å². The summed E-state index contributed by atoms with van der Waals surface area (Å²) in [5.74, 6) is 1.87. The maximum Gasteiger partial charge on any atom is 0.0220 e. The molecule has 2 rings (SSSR count). The van der Waals surface area contributed by atoms with Gasteiger partial charge >= 0.3 is 0 Å². The minimum Gasteiger partial charge on any atom is -0.312 e. The van der Waals surface area contributed by atoms with Gasteiger partial charge in [0.05, 0.1) is 0 Å². The Balaban J connectivity index is 1.69. The molecule has 1 saturated heterocycles. The van der Waals surface area contributed by atoms with Gasteiger partial charge in [0.1, 0.15) is 0 Å². The first-order chi connectivity index (χ1) is 7.25. The van der Waals surface area contributed by atoms with E-state index in [1.807, 2.05) is 0 Å². The molecule has 2 unspecified atom stereocenters. The van der Waals surface area contributed by atoms with Gasteiger partial charge < -0.3 is 10.2 Å². The summed E-state index contributed by atoms with van der Waals surface area (Å²) >= 11 is 0. The molecule has 2 nitrogen and oxygen atoms in total.